The average Bonchev–Trinajstić information content (AvgIpc) is 3.24. The second-order valence-corrected chi connectivity index (χ2v) is 7.71. The Bertz CT molecular complexity index is 614. The smallest absolute Gasteiger partial charge is 0.207 e. The molecule has 0 N–H and O–H groups in total. The summed E-state index contributed by atoms with van der Waals surface area (Å²) in [6, 6.07) is 2.67. The monoisotopic (exact) mass is 319 g/mol. The van der Waals surface area contributed by atoms with Crippen LogP contribution in [-0.4, -0.2) is 25.8 Å². The van der Waals surface area contributed by atoms with Crippen molar-refractivity contribution in [1.29, 1.82) is 0 Å². The summed E-state index contributed by atoms with van der Waals surface area (Å²) >= 11 is 5.68. The fourth-order valence-corrected chi connectivity index (χ4v) is 4.07. The lowest BCUT2D eigenvalue weighted by atomic mass is 10.1. The van der Waals surface area contributed by atoms with Crippen molar-refractivity contribution in [3.63, 3.8) is 0 Å². The molecule has 1 aliphatic rings. The molecular formula is C14H19ClFNO2S. The first-order valence-corrected chi connectivity index (χ1v) is 8.59. The highest BCUT2D eigenvalue weighted by atomic mass is 35.5. The molecule has 0 aromatic heterocycles. The minimum Gasteiger partial charge on any atom is -0.207 e. The Labute approximate surface area is 124 Å². The minimum absolute atomic E-state index is 0.0372. The SMILES string of the molecule is Cc1cc(S(=O)(=O)N(C)C(C)C2CC2)cc(CCl)c1F. The van der Waals surface area contributed by atoms with Gasteiger partial charge in [-0.2, -0.15) is 4.31 Å². The highest BCUT2D eigenvalue weighted by Crippen LogP contribution is 2.36. The first-order chi connectivity index (χ1) is 9.28. The molecule has 0 radical (unpaired) electrons. The van der Waals surface area contributed by atoms with E-state index in [0.29, 0.717) is 11.5 Å². The number of nitrogens with zero attached hydrogens (tertiary/aromatic N) is 1. The van der Waals surface area contributed by atoms with Gasteiger partial charge in [-0.15, -0.1) is 11.6 Å². The lowest BCUT2D eigenvalue weighted by Crippen LogP contribution is -2.36. The van der Waals surface area contributed by atoms with Gasteiger partial charge in [0.05, 0.1) is 10.8 Å². The van der Waals surface area contributed by atoms with Gasteiger partial charge in [-0.3, -0.25) is 0 Å². The quantitative estimate of drug-likeness (QED) is 0.781. The molecule has 20 heavy (non-hydrogen) atoms. The fourth-order valence-electron chi connectivity index (χ4n) is 2.31. The van der Waals surface area contributed by atoms with Gasteiger partial charge in [0.1, 0.15) is 5.82 Å². The highest BCUT2D eigenvalue weighted by molar-refractivity contribution is 7.89. The molecule has 1 aromatic carbocycles. The summed E-state index contributed by atoms with van der Waals surface area (Å²) < 4.78 is 40.4. The van der Waals surface area contributed by atoms with Gasteiger partial charge in [0.15, 0.2) is 0 Å². The van der Waals surface area contributed by atoms with Crippen LogP contribution in [0.1, 0.15) is 30.9 Å². The molecule has 6 heteroatoms. The van der Waals surface area contributed by atoms with Crippen molar-refractivity contribution in [2.75, 3.05) is 7.05 Å². The van der Waals surface area contributed by atoms with Gasteiger partial charge in [-0.25, -0.2) is 12.8 Å². The van der Waals surface area contributed by atoms with Crippen LogP contribution in [0.15, 0.2) is 17.0 Å². The Morgan fingerprint density at radius 3 is 2.55 bits per heavy atom. The van der Waals surface area contributed by atoms with E-state index >= 15 is 0 Å². The van der Waals surface area contributed by atoms with Crippen molar-refractivity contribution >= 4 is 21.6 Å². The number of hydrogen-bond acceptors (Lipinski definition) is 2. The number of halogens is 2. The first kappa shape index (κ1) is 15.7. The number of sulfonamides is 1. The van der Waals surface area contributed by atoms with Crippen molar-refractivity contribution in [1.82, 2.24) is 4.31 Å². The van der Waals surface area contributed by atoms with E-state index in [1.807, 2.05) is 6.92 Å². The Morgan fingerprint density at radius 2 is 2.05 bits per heavy atom. The summed E-state index contributed by atoms with van der Waals surface area (Å²) in [6.07, 6.45) is 2.13. The standard InChI is InChI=1S/C14H19ClFNO2S/c1-9-6-13(7-12(8-15)14(9)16)20(18,19)17(3)10(2)11-4-5-11/h6-7,10-11H,4-5,8H2,1-3H3. The van der Waals surface area contributed by atoms with Crippen LogP contribution in [0.25, 0.3) is 0 Å². The highest BCUT2D eigenvalue weighted by Gasteiger charge is 2.36. The second-order valence-electron chi connectivity index (χ2n) is 5.45. The molecule has 0 saturated heterocycles. The molecule has 1 atom stereocenters. The molecule has 1 fully saturated rings. The third-order valence-corrected chi connectivity index (χ3v) is 6.21. The van der Waals surface area contributed by atoms with Crippen molar-refractivity contribution in [2.24, 2.45) is 5.92 Å². The van der Waals surface area contributed by atoms with Gasteiger partial charge in [0, 0.05) is 18.7 Å². The summed E-state index contributed by atoms with van der Waals surface area (Å²) in [4.78, 5) is 0.113. The molecule has 0 amide bonds. The van der Waals surface area contributed by atoms with E-state index in [9.17, 15) is 12.8 Å². The van der Waals surface area contributed by atoms with Gasteiger partial charge >= 0.3 is 0 Å². The van der Waals surface area contributed by atoms with E-state index in [2.05, 4.69) is 0 Å². The third-order valence-electron chi connectivity index (χ3n) is 4.00. The molecule has 0 aliphatic heterocycles. The van der Waals surface area contributed by atoms with Crippen molar-refractivity contribution in [2.45, 2.75) is 43.5 Å². The Hall–Kier alpha value is -0.650. The first-order valence-electron chi connectivity index (χ1n) is 6.62. The van der Waals surface area contributed by atoms with E-state index in [-0.39, 0.29) is 22.4 Å². The summed E-state index contributed by atoms with van der Waals surface area (Å²) in [7, 11) is -2.03. The zero-order valence-electron chi connectivity index (χ0n) is 11.9. The maximum absolute atomic E-state index is 13.8. The normalized spacial score (nSPS) is 17.5. The van der Waals surface area contributed by atoms with E-state index in [0.717, 1.165) is 12.8 Å². The molecule has 1 unspecified atom stereocenters. The second kappa shape index (κ2) is 5.62. The number of benzene rings is 1. The lowest BCUT2D eigenvalue weighted by molar-refractivity contribution is 0.357. The molecule has 0 bridgehead atoms. The van der Waals surface area contributed by atoms with Gasteiger partial charge in [0.2, 0.25) is 10.0 Å². The van der Waals surface area contributed by atoms with Gasteiger partial charge in [0.25, 0.3) is 0 Å². The van der Waals surface area contributed by atoms with Crippen LogP contribution < -0.4 is 0 Å². The Kier molecular flexibility index (Phi) is 4.42. The maximum Gasteiger partial charge on any atom is 0.243 e. The molecular weight excluding hydrogens is 301 g/mol. The molecule has 3 nitrogen and oxygen atoms in total. The number of aryl methyl sites for hydroxylation is 1. The van der Waals surface area contributed by atoms with Crippen LogP contribution in [0.4, 0.5) is 4.39 Å². The average molecular weight is 320 g/mol. The Morgan fingerprint density at radius 1 is 1.45 bits per heavy atom. The zero-order valence-corrected chi connectivity index (χ0v) is 13.4. The molecule has 1 aliphatic carbocycles. The Balaban J connectivity index is 2.40. The van der Waals surface area contributed by atoms with Crippen molar-refractivity contribution in [3.05, 3.63) is 29.1 Å². The molecule has 2 rings (SSSR count). The minimum atomic E-state index is -3.61. The van der Waals surface area contributed by atoms with Gasteiger partial charge in [-0.05, 0) is 50.3 Å². The summed E-state index contributed by atoms with van der Waals surface area (Å²) in [6.45, 7) is 3.46. The summed E-state index contributed by atoms with van der Waals surface area (Å²) in [5.74, 6) is -0.0431. The predicted molar refractivity (Wildman–Crippen MR) is 77.8 cm³/mol. The lowest BCUT2D eigenvalue weighted by Gasteiger charge is -2.24. The van der Waals surface area contributed by atoms with Crippen LogP contribution in [-0.2, 0) is 15.9 Å². The molecule has 0 heterocycles. The fraction of sp³-hybridized carbons (Fsp3) is 0.571. The van der Waals surface area contributed by atoms with E-state index in [4.69, 9.17) is 11.6 Å². The predicted octanol–water partition coefficient (Wildman–Crippen LogP) is 3.29. The van der Waals surface area contributed by atoms with E-state index in [1.165, 1.54) is 16.4 Å². The van der Waals surface area contributed by atoms with Crippen LogP contribution >= 0.6 is 11.6 Å². The molecule has 0 spiro atoms. The van der Waals surface area contributed by atoms with Crippen molar-refractivity contribution in [3.8, 4) is 0 Å². The molecule has 1 aromatic rings. The third kappa shape index (κ3) is 2.85. The van der Waals surface area contributed by atoms with E-state index in [1.54, 1.807) is 14.0 Å². The van der Waals surface area contributed by atoms with Crippen molar-refractivity contribution < 1.29 is 12.8 Å². The van der Waals surface area contributed by atoms with Gasteiger partial charge < -0.3 is 0 Å². The van der Waals surface area contributed by atoms with E-state index < -0.39 is 15.8 Å². The number of rotatable bonds is 5. The summed E-state index contributed by atoms with van der Waals surface area (Å²) in [5.41, 5.74) is 0.520. The number of hydrogen-bond donors (Lipinski definition) is 0. The van der Waals surface area contributed by atoms with Crippen LogP contribution in [0.3, 0.4) is 0 Å². The largest absolute Gasteiger partial charge is 0.243 e. The van der Waals surface area contributed by atoms with Crippen LogP contribution in [0, 0.1) is 18.7 Å². The molecule has 1 saturated carbocycles. The summed E-state index contributed by atoms with van der Waals surface area (Å²) in [5, 5.41) is 0. The number of alkyl halides is 1. The molecule has 112 valence electrons. The van der Waals surface area contributed by atoms with Gasteiger partial charge in [-0.1, -0.05) is 0 Å². The van der Waals surface area contributed by atoms with Crippen LogP contribution in [0.2, 0.25) is 0 Å². The van der Waals surface area contributed by atoms with Crippen LogP contribution in [0.5, 0.6) is 0 Å². The maximum atomic E-state index is 13.8. The topological polar surface area (TPSA) is 37.4 Å². The zero-order chi connectivity index (χ0) is 15.1.